The maximum atomic E-state index is 13.1. The summed E-state index contributed by atoms with van der Waals surface area (Å²) in [4.78, 5) is 14.2. The Bertz CT molecular complexity index is 1200. The lowest BCUT2D eigenvalue weighted by Gasteiger charge is -2.34. The molecule has 1 aliphatic heterocycles. The SMILES string of the molecule is COc1ccc(OC)c(S(=O)(=O)N2CCN(C(=O)COc3ccc(S(C)(=O)=O)cc3)CC2)c1. The van der Waals surface area contributed by atoms with E-state index in [1.165, 1.54) is 59.8 Å². The van der Waals surface area contributed by atoms with Gasteiger partial charge in [0.25, 0.3) is 5.91 Å². The van der Waals surface area contributed by atoms with Crippen molar-refractivity contribution < 1.29 is 35.8 Å². The second kappa shape index (κ2) is 9.98. The van der Waals surface area contributed by atoms with Crippen LogP contribution in [0.3, 0.4) is 0 Å². The van der Waals surface area contributed by atoms with Crippen LogP contribution in [0, 0.1) is 0 Å². The molecule has 1 saturated heterocycles. The van der Waals surface area contributed by atoms with Crippen LogP contribution < -0.4 is 14.2 Å². The number of carbonyl (C=O) groups is 1. The van der Waals surface area contributed by atoms with Crippen LogP contribution in [0.25, 0.3) is 0 Å². The first-order valence-corrected chi connectivity index (χ1v) is 13.3. The van der Waals surface area contributed by atoms with Crippen molar-refractivity contribution >= 4 is 25.8 Å². The molecule has 1 fully saturated rings. The minimum absolute atomic E-state index is 0.00463. The minimum Gasteiger partial charge on any atom is -0.497 e. The number of rotatable bonds is 8. The van der Waals surface area contributed by atoms with E-state index < -0.39 is 19.9 Å². The molecular weight excluding hydrogens is 472 g/mol. The zero-order chi connectivity index (χ0) is 24.2. The standard InChI is InChI=1S/C21H26N2O8S2/c1-29-17-6-9-19(30-2)20(14-17)33(27,28)23-12-10-22(11-13-23)21(24)15-31-16-4-7-18(8-5-16)32(3,25)26/h4-9,14H,10-13,15H2,1-3H3. The number of ether oxygens (including phenoxy) is 3. The van der Waals surface area contributed by atoms with Crippen molar-refractivity contribution in [3.63, 3.8) is 0 Å². The summed E-state index contributed by atoms with van der Waals surface area (Å²) in [5, 5.41) is 0. The highest BCUT2D eigenvalue weighted by Gasteiger charge is 2.32. The van der Waals surface area contributed by atoms with Gasteiger partial charge in [-0.1, -0.05) is 0 Å². The number of amides is 1. The predicted octanol–water partition coefficient (Wildman–Crippen LogP) is 1.02. The molecule has 0 bridgehead atoms. The van der Waals surface area contributed by atoms with Gasteiger partial charge in [-0.25, -0.2) is 16.8 Å². The monoisotopic (exact) mass is 498 g/mol. The lowest BCUT2D eigenvalue weighted by molar-refractivity contribution is -0.134. The number of sulfone groups is 1. The quantitative estimate of drug-likeness (QED) is 0.529. The number of nitrogens with zero attached hydrogens (tertiary/aromatic N) is 2. The van der Waals surface area contributed by atoms with E-state index in [0.717, 1.165) is 6.26 Å². The van der Waals surface area contributed by atoms with Crippen LogP contribution in [0.2, 0.25) is 0 Å². The van der Waals surface area contributed by atoms with Crippen molar-refractivity contribution in [3.05, 3.63) is 42.5 Å². The molecule has 33 heavy (non-hydrogen) atoms. The van der Waals surface area contributed by atoms with Gasteiger partial charge in [-0.3, -0.25) is 4.79 Å². The molecule has 10 nitrogen and oxygen atoms in total. The largest absolute Gasteiger partial charge is 0.497 e. The van der Waals surface area contributed by atoms with Gasteiger partial charge in [0.05, 0.1) is 19.1 Å². The highest BCUT2D eigenvalue weighted by atomic mass is 32.2. The Morgan fingerprint density at radius 2 is 1.48 bits per heavy atom. The summed E-state index contributed by atoms with van der Waals surface area (Å²) in [6.07, 6.45) is 1.11. The fourth-order valence-corrected chi connectivity index (χ4v) is 5.55. The zero-order valence-corrected chi connectivity index (χ0v) is 20.2. The number of benzene rings is 2. The normalized spacial score (nSPS) is 15.2. The van der Waals surface area contributed by atoms with Crippen LogP contribution in [0.1, 0.15) is 0 Å². The molecule has 0 unspecified atom stereocenters. The van der Waals surface area contributed by atoms with Gasteiger partial charge < -0.3 is 19.1 Å². The van der Waals surface area contributed by atoms with E-state index in [0.29, 0.717) is 11.5 Å². The Labute approximate surface area is 193 Å². The summed E-state index contributed by atoms with van der Waals surface area (Å²) in [5.41, 5.74) is 0. The highest BCUT2D eigenvalue weighted by molar-refractivity contribution is 7.90. The van der Waals surface area contributed by atoms with E-state index in [2.05, 4.69) is 0 Å². The second-order valence-corrected chi connectivity index (χ2v) is 11.3. The Kier molecular flexibility index (Phi) is 7.50. The molecule has 0 spiro atoms. The Morgan fingerprint density at radius 3 is 2.03 bits per heavy atom. The average Bonchev–Trinajstić information content (AvgIpc) is 2.81. The topological polar surface area (TPSA) is 120 Å². The summed E-state index contributed by atoms with van der Waals surface area (Å²) < 4.78 is 66.4. The molecule has 0 aromatic heterocycles. The van der Waals surface area contributed by atoms with E-state index in [1.54, 1.807) is 6.07 Å². The smallest absolute Gasteiger partial charge is 0.260 e. The lowest BCUT2D eigenvalue weighted by atomic mass is 10.3. The van der Waals surface area contributed by atoms with Gasteiger partial charge in [0.2, 0.25) is 10.0 Å². The average molecular weight is 499 g/mol. The zero-order valence-electron chi connectivity index (χ0n) is 18.6. The molecular formula is C21H26N2O8S2. The first kappa shape index (κ1) is 24.8. The molecule has 180 valence electrons. The van der Waals surface area contributed by atoms with Crippen molar-refractivity contribution in [3.8, 4) is 17.2 Å². The molecule has 2 aromatic carbocycles. The predicted molar refractivity (Wildman–Crippen MR) is 120 cm³/mol. The number of sulfonamides is 1. The van der Waals surface area contributed by atoms with Gasteiger partial charge in [-0.15, -0.1) is 0 Å². The Balaban J connectivity index is 1.59. The molecule has 1 heterocycles. The van der Waals surface area contributed by atoms with Crippen LogP contribution in [-0.4, -0.2) is 85.2 Å². The molecule has 0 aliphatic carbocycles. The van der Waals surface area contributed by atoms with E-state index in [9.17, 15) is 21.6 Å². The van der Waals surface area contributed by atoms with Crippen LogP contribution in [0.4, 0.5) is 0 Å². The van der Waals surface area contributed by atoms with E-state index in [-0.39, 0.29) is 54.2 Å². The fourth-order valence-electron chi connectivity index (χ4n) is 3.32. The molecule has 12 heteroatoms. The third-order valence-corrected chi connectivity index (χ3v) is 8.24. The molecule has 3 rings (SSSR count). The summed E-state index contributed by atoms with van der Waals surface area (Å²) in [5.74, 6) is 0.676. The first-order valence-electron chi connectivity index (χ1n) is 9.99. The van der Waals surface area contributed by atoms with Gasteiger partial charge in [-0.05, 0) is 36.4 Å². The maximum absolute atomic E-state index is 13.1. The third-order valence-electron chi connectivity index (χ3n) is 5.19. The summed E-state index contributed by atoms with van der Waals surface area (Å²) in [7, 11) is -4.32. The molecule has 1 aliphatic rings. The number of hydrogen-bond acceptors (Lipinski definition) is 8. The number of piperazine rings is 1. The molecule has 2 aromatic rings. The van der Waals surface area contributed by atoms with Crippen molar-refractivity contribution in [1.82, 2.24) is 9.21 Å². The number of carbonyl (C=O) groups excluding carboxylic acids is 1. The minimum atomic E-state index is -3.85. The second-order valence-electron chi connectivity index (χ2n) is 7.33. The first-order chi connectivity index (χ1) is 15.6. The van der Waals surface area contributed by atoms with Gasteiger partial charge >= 0.3 is 0 Å². The molecule has 0 atom stereocenters. The Hall–Kier alpha value is -2.83. The highest BCUT2D eigenvalue weighted by Crippen LogP contribution is 2.31. The maximum Gasteiger partial charge on any atom is 0.260 e. The molecule has 0 saturated carbocycles. The lowest BCUT2D eigenvalue weighted by Crippen LogP contribution is -2.51. The Morgan fingerprint density at radius 1 is 0.879 bits per heavy atom. The summed E-state index contributed by atoms with van der Waals surface area (Å²) in [6, 6.07) is 10.3. The molecule has 1 amide bonds. The van der Waals surface area contributed by atoms with Gasteiger partial charge in [0.1, 0.15) is 22.1 Å². The van der Waals surface area contributed by atoms with Crippen LogP contribution in [0.5, 0.6) is 17.2 Å². The summed E-state index contributed by atoms with van der Waals surface area (Å²) in [6.45, 7) is 0.422. The van der Waals surface area contributed by atoms with E-state index >= 15 is 0 Å². The van der Waals surface area contributed by atoms with E-state index in [1.807, 2.05) is 0 Å². The van der Waals surface area contributed by atoms with Crippen molar-refractivity contribution in [2.75, 3.05) is 53.3 Å². The van der Waals surface area contributed by atoms with Gasteiger partial charge in [0.15, 0.2) is 16.4 Å². The summed E-state index contributed by atoms with van der Waals surface area (Å²) >= 11 is 0. The third kappa shape index (κ3) is 5.75. The van der Waals surface area contributed by atoms with Crippen molar-refractivity contribution in [2.24, 2.45) is 0 Å². The molecule has 0 N–H and O–H groups in total. The van der Waals surface area contributed by atoms with Crippen LogP contribution in [-0.2, 0) is 24.7 Å². The number of hydrogen-bond donors (Lipinski definition) is 0. The van der Waals surface area contributed by atoms with Gasteiger partial charge in [-0.2, -0.15) is 4.31 Å². The van der Waals surface area contributed by atoms with Crippen molar-refractivity contribution in [2.45, 2.75) is 9.79 Å². The van der Waals surface area contributed by atoms with Crippen LogP contribution in [0.15, 0.2) is 52.3 Å². The van der Waals surface area contributed by atoms with E-state index in [4.69, 9.17) is 14.2 Å². The fraction of sp³-hybridized carbons (Fsp3) is 0.381. The number of methoxy groups -OCH3 is 2. The van der Waals surface area contributed by atoms with Crippen LogP contribution >= 0.6 is 0 Å². The van der Waals surface area contributed by atoms with Crippen molar-refractivity contribution in [1.29, 1.82) is 0 Å². The van der Waals surface area contributed by atoms with Gasteiger partial charge in [0, 0.05) is 38.5 Å². The molecule has 0 radical (unpaired) electrons.